The molecule has 4 nitrogen and oxygen atoms in total. The summed E-state index contributed by atoms with van der Waals surface area (Å²) in [5.41, 5.74) is 1.46. The van der Waals surface area contributed by atoms with E-state index in [0.29, 0.717) is 5.69 Å². The fourth-order valence-electron chi connectivity index (χ4n) is 1.55. The van der Waals surface area contributed by atoms with Crippen molar-refractivity contribution in [3.8, 4) is 0 Å². The maximum Gasteiger partial charge on any atom is 0.245 e. The molecule has 0 aromatic heterocycles. The summed E-state index contributed by atoms with van der Waals surface area (Å²) in [5.74, 6) is -0.0879. The maximum atomic E-state index is 12.0. The van der Waals surface area contributed by atoms with Gasteiger partial charge in [0.05, 0.1) is 11.4 Å². The standard InChI is InChI=1S/C12H16ClNO3S/c1-4-18(16,17)14(10(3)12(13)15)11-7-5-9(2)6-8-11/h5-8,10H,4H2,1-3H3. The lowest BCUT2D eigenvalue weighted by molar-refractivity contribution is -0.112. The second-order valence-corrected chi connectivity index (χ2v) is 6.52. The maximum absolute atomic E-state index is 12.0. The van der Waals surface area contributed by atoms with E-state index in [-0.39, 0.29) is 5.75 Å². The first-order valence-corrected chi connectivity index (χ1v) is 7.56. The van der Waals surface area contributed by atoms with Crippen molar-refractivity contribution in [1.82, 2.24) is 0 Å². The van der Waals surface area contributed by atoms with Crippen LogP contribution >= 0.6 is 11.6 Å². The summed E-state index contributed by atoms with van der Waals surface area (Å²) in [6, 6.07) is 6.00. The highest BCUT2D eigenvalue weighted by molar-refractivity contribution is 7.92. The van der Waals surface area contributed by atoms with E-state index in [9.17, 15) is 13.2 Å². The third kappa shape index (κ3) is 3.23. The fraction of sp³-hybridized carbons (Fsp3) is 0.417. The second kappa shape index (κ2) is 5.71. The van der Waals surface area contributed by atoms with Gasteiger partial charge in [-0.2, -0.15) is 0 Å². The molecule has 6 heteroatoms. The van der Waals surface area contributed by atoms with Crippen LogP contribution in [-0.4, -0.2) is 25.5 Å². The van der Waals surface area contributed by atoms with Crippen LogP contribution in [0.15, 0.2) is 24.3 Å². The summed E-state index contributed by atoms with van der Waals surface area (Å²) in [5, 5.41) is -0.701. The van der Waals surface area contributed by atoms with Gasteiger partial charge in [0.1, 0.15) is 6.04 Å². The van der Waals surface area contributed by atoms with Gasteiger partial charge in [0.25, 0.3) is 0 Å². The summed E-state index contributed by atoms with van der Waals surface area (Å²) in [6.45, 7) is 4.91. The molecule has 1 unspecified atom stereocenters. The monoisotopic (exact) mass is 289 g/mol. The Labute approximate surface area is 113 Å². The van der Waals surface area contributed by atoms with Crippen molar-refractivity contribution in [3.63, 3.8) is 0 Å². The van der Waals surface area contributed by atoms with Crippen molar-refractivity contribution in [2.45, 2.75) is 26.8 Å². The molecule has 1 aromatic rings. The molecule has 0 saturated carbocycles. The highest BCUT2D eigenvalue weighted by Crippen LogP contribution is 2.23. The van der Waals surface area contributed by atoms with Gasteiger partial charge < -0.3 is 0 Å². The Morgan fingerprint density at radius 3 is 2.22 bits per heavy atom. The van der Waals surface area contributed by atoms with Gasteiger partial charge in [0, 0.05) is 0 Å². The minimum absolute atomic E-state index is 0.0879. The van der Waals surface area contributed by atoms with Crippen molar-refractivity contribution in [2.24, 2.45) is 0 Å². The van der Waals surface area contributed by atoms with E-state index in [1.807, 2.05) is 6.92 Å². The molecule has 1 aromatic carbocycles. The van der Waals surface area contributed by atoms with Crippen LogP contribution in [0.1, 0.15) is 19.4 Å². The molecule has 1 atom stereocenters. The van der Waals surface area contributed by atoms with Crippen LogP contribution in [0.2, 0.25) is 0 Å². The van der Waals surface area contributed by atoms with Crippen LogP contribution in [0, 0.1) is 6.92 Å². The predicted octanol–water partition coefficient (Wildman–Crippen LogP) is 2.31. The molecule has 0 fully saturated rings. The van der Waals surface area contributed by atoms with Gasteiger partial charge in [0.2, 0.25) is 15.3 Å². The largest absolute Gasteiger partial charge is 0.279 e. The van der Waals surface area contributed by atoms with Crippen molar-refractivity contribution >= 4 is 32.6 Å². The molecule has 0 aliphatic carbocycles. The number of halogens is 1. The molecule has 0 aliphatic rings. The molecule has 0 bridgehead atoms. The number of nitrogens with zero attached hydrogens (tertiary/aromatic N) is 1. The lowest BCUT2D eigenvalue weighted by atomic mass is 10.2. The third-order valence-corrected chi connectivity index (χ3v) is 4.80. The molecular weight excluding hydrogens is 274 g/mol. The Morgan fingerprint density at radius 2 is 1.83 bits per heavy atom. The molecule has 100 valence electrons. The molecular formula is C12H16ClNO3S. The number of carbonyl (C=O) groups is 1. The van der Waals surface area contributed by atoms with Crippen LogP contribution in [0.25, 0.3) is 0 Å². The number of aryl methyl sites for hydroxylation is 1. The molecule has 0 heterocycles. The van der Waals surface area contributed by atoms with Gasteiger partial charge in [0.15, 0.2) is 0 Å². The summed E-state index contributed by atoms with van der Waals surface area (Å²) in [6.07, 6.45) is 0. The van der Waals surface area contributed by atoms with E-state index in [1.165, 1.54) is 13.8 Å². The Bertz CT molecular complexity index is 525. The lowest BCUT2D eigenvalue weighted by Gasteiger charge is -2.27. The molecule has 0 saturated heterocycles. The van der Waals surface area contributed by atoms with Gasteiger partial charge in [-0.05, 0) is 44.5 Å². The van der Waals surface area contributed by atoms with Crippen LogP contribution < -0.4 is 4.31 Å². The van der Waals surface area contributed by atoms with Crippen LogP contribution in [0.4, 0.5) is 5.69 Å². The van der Waals surface area contributed by atoms with Crippen LogP contribution in [0.3, 0.4) is 0 Å². The minimum atomic E-state index is -3.54. The summed E-state index contributed by atoms with van der Waals surface area (Å²) in [7, 11) is -3.54. The number of anilines is 1. The SMILES string of the molecule is CCS(=O)(=O)N(c1ccc(C)cc1)C(C)C(=O)Cl. The minimum Gasteiger partial charge on any atom is -0.279 e. The number of hydrogen-bond acceptors (Lipinski definition) is 3. The first-order chi connectivity index (χ1) is 8.29. The number of carbonyl (C=O) groups excluding carboxylic acids is 1. The van der Waals surface area contributed by atoms with Gasteiger partial charge in [-0.1, -0.05) is 17.7 Å². The van der Waals surface area contributed by atoms with Crippen molar-refractivity contribution in [3.05, 3.63) is 29.8 Å². The molecule has 0 amide bonds. The Kier molecular flexibility index (Phi) is 4.76. The number of hydrogen-bond donors (Lipinski definition) is 0. The van der Waals surface area contributed by atoms with Crippen LogP contribution in [0.5, 0.6) is 0 Å². The first-order valence-electron chi connectivity index (χ1n) is 5.57. The lowest BCUT2D eigenvalue weighted by Crippen LogP contribution is -2.42. The Morgan fingerprint density at radius 1 is 1.33 bits per heavy atom. The van der Waals surface area contributed by atoms with Crippen LogP contribution in [-0.2, 0) is 14.8 Å². The molecule has 0 aliphatic heterocycles. The van der Waals surface area contributed by atoms with Crippen molar-refractivity contribution in [2.75, 3.05) is 10.1 Å². The molecule has 18 heavy (non-hydrogen) atoms. The average Bonchev–Trinajstić information content (AvgIpc) is 2.31. The van der Waals surface area contributed by atoms with E-state index in [4.69, 9.17) is 11.6 Å². The third-order valence-electron chi connectivity index (χ3n) is 2.63. The van der Waals surface area contributed by atoms with E-state index >= 15 is 0 Å². The molecule has 0 spiro atoms. The first kappa shape index (κ1) is 15.0. The van der Waals surface area contributed by atoms with Crippen molar-refractivity contribution in [1.29, 1.82) is 0 Å². The number of rotatable bonds is 5. The zero-order valence-electron chi connectivity index (χ0n) is 10.6. The quantitative estimate of drug-likeness (QED) is 0.782. The highest BCUT2D eigenvalue weighted by atomic mass is 35.5. The topological polar surface area (TPSA) is 54.5 Å². The van der Waals surface area contributed by atoms with E-state index in [2.05, 4.69) is 0 Å². The van der Waals surface area contributed by atoms with E-state index in [1.54, 1.807) is 24.3 Å². The number of sulfonamides is 1. The Balaban J connectivity index is 3.29. The zero-order valence-corrected chi connectivity index (χ0v) is 12.1. The van der Waals surface area contributed by atoms with Gasteiger partial charge in [-0.15, -0.1) is 0 Å². The molecule has 1 rings (SSSR count). The normalized spacial score (nSPS) is 13.1. The molecule has 0 radical (unpaired) electrons. The summed E-state index contributed by atoms with van der Waals surface area (Å²) < 4.78 is 25.2. The van der Waals surface area contributed by atoms with Gasteiger partial charge >= 0.3 is 0 Å². The highest BCUT2D eigenvalue weighted by Gasteiger charge is 2.29. The van der Waals surface area contributed by atoms with Gasteiger partial charge in [-0.3, -0.25) is 9.10 Å². The van der Waals surface area contributed by atoms with E-state index in [0.717, 1.165) is 9.87 Å². The van der Waals surface area contributed by atoms with Crippen molar-refractivity contribution < 1.29 is 13.2 Å². The summed E-state index contributed by atoms with van der Waals surface area (Å²) in [4.78, 5) is 11.2. The molecule has 0 N–H and O–H groups in total. The summed E-state index contributed by atoms with van der Waals surface area (Å²) >= 11 is 5.42. The van der Waals surface area contributed by atoms with E-state index < -0.39 is 21.3 Å². The Hall–Kier alpha value is -1.07. The second-order valence-electron chi connectivity index (χ2n) is 4.01. The zero-order chi connectivity index (χ0) is 13.9. The van der Waals surface area contributed by atoms with Gasteiger partial charge in [-0.25, -0.2) is 8.42 Å². The average molecular weight is 290 g/mol. The predicted molar refractivity (Wildman–Crippen MR) is 73.4 cm³/mol. The smallest absolute Gasteiger partial charge is 0.245 e. The number of benzene rings is 1. The fourth-order valence-corrected chi connectivity index (χ4v) is 3.00.